The molecule has 0 unspecified atom stereocenters. The largest absolute Gasteiger partial charge is 0.481 e. The lowest BCUT2D eigenvalue weighted by molar-refractivity contribution is -0.136. The number of aliphatic carboxylic acids is 1. The second kappa shape index (κ2) is 4.71. The van der Waals surface area contributed by atoms with E-state index in [0.717, 1.165) is 0 Å². The van der Waals surface area contributed by atoms with Gasteiger partial charge >= 0.3 is 5.97 Å². The molecule has 0 saturated carbocycles. The first kappa shape index (κ1) is 12.1. The number of rotatable bonds is 2. The van der Waals surface area contributed by atoms with Gasteiger partial charge in [0.2, 0.25) is 0 Å². The highest BCUT2D eigenvalue weighted by Gasteiger charge is 2.16. The number of nitriles is 1. The summed E-state index contributed by atoms with van der Waals surface area (Å²) in [6, 6.07) is 3.10. The predicted octanol–water partition coefficient (Wildman–Crippen LogP) is 3.15. The third-order valence-electron chi connectivity index (χ3n) is 1.70. The zero-order chi connectivity index (χ0) is 11.6. The van der Waals surface area contributed by atoms with Crippen LogP contribution in [0, 0.1) is 11.3 Å². The molecule has 0 spiro atoms. The molecule has 0 aliphatic carbocycles. The van der Waals surface area contributed by atoms with Gasteiger partial charge in [-0.15, -0.1) is 0 Å². The molecule has 0 amide bonds. The standard InChI is InChI=1S/C9H4Cl3NO2/c10-6-2-7(11)5(3-13)9(12)4(6)1-8(14)15/h2H,1H2,(H,14,15). The second-order valence-corrected chi connectivity index (χ2v) is 3.88. The fraction of sp³-hybridized carbons (Fsp3) is 0.111. The minimum atomic E-state index is -1.08. The topological polar surface area (TPSA) is 61.1 Å². The van der Waals surface area contributed by atoms with Crippen molar-refractivity contribution < 1.29 is 9.90 Å². The van der Waals surface area contributed by atoms with E-state index < -0.39 is 5.97 Å². The van der Waals surface area contributed by atoms with Crippen LogP contribution in [0.15, 0.2) is 6.07 Å². The van der Waals surface area contributed by atoms with Gasteiger partial charge in [0.05, 0.1) is 22.0 Å². The van der Waals surface area contributed by atoms with E-state index in [1.165, 1.54) is 6.07 Å². The van der Waals surface area contributed by atoms with Gasteiger partial charge in [-0.3, -0.25) is 4.79 Å². The number of hydrogen-bond acceptors (Lipinski definition) is 2. The minimum absolute atomic E-state index is 0.00241. The molecule has 0 saturated heterocycles. The van der Waals surface area contributed by atoms with Crippen LogP contribution in [0.3, 0.4) is 0 Å². The van der Waals surface area contributed by atoms with Gasteiger partial charge in [0.25, 0.3) is 0 Å². The summed E-state index contributed by atoms with van der Waals surface area (Å²) in [6.07, 6.45) is -0.344. The highest BCUT2D eigenvalue weighted by molar-refractivity contribution is 6.40. The Morgan fingerprint density at radius 3 is 2.47 bits per heavy atom. The molecule has 0 aromatic heterocycles. The molecule has 0 heterocycles. The number of hydrogen-bond donors (Lipinski definition) is 1. The highest BCUT2D eigenvalue weighted by Crippen LogP contribution is 2.33. The number of carbonyl (C=O) groups is 1. The van der Waals surface area contributed by atoms with Crippen LogP contribution in [-0.2, 0) is 11.2 Å². The fourth-order valence-electron chi connectivity index (χ4n) is 1.05. The van der Waals surface area contributed by atoms with E-state index in [2.05, 4.69) is 0 Å². The molecule has 0 aliphatic rings. The molecule has 0 bridgehead atoms. The van der Waals surface area contributed by atoms with Crippen molar-refractivity contribution in [2.24, 2.45) is 0 Å². The first-order chi connectivity index (χ1) is 6.97. The molecule has 1 aromatic rings. The van der Waals surface area contributed by atoms with E-state index in [4.69, 9.17) is 45.2 Å². The molecule has 0 fully saturated rings. The SMILES string of the molecule is N#Cc1c(Cl)cc(Cl)c(CC(=O)O)c1Cl. The average molecular weight is 264 g/mol. The van der Waals surface area contributed by atoms with E-state index in [9.17, 15) is 4.79 Å². The molecular weight excluding hydrogens is 260 g/mol. The quantitative estimate of drug-likeness (QED) is 0.892. The minimum Gasteiger partial charge on any atom is -0.481 e. The fourth-order valence-corrected chi connectivity index (χ4v) is 2.03. The van der Waals surface area contributed by atoms with Gasteiger partial charge in [0.1, 0.15) is 6.07 Å². The van der Waals surface area contributed by atoms with Crippen molar-refractivity contribution >= 4 is 40.8 Å². The van der Waals surface area contributed by atoms with E-state index in [1.807, 2.05) is 0 Å². The van der Waals surface area contributed by atoms with Gasteiger partial charge < -0.3 is 5.11 Å². The van der Waals surface area contributed by atoms with Crippen LogP contribution >= 0.6 is 34.8 Å². The van der Waals surface area contributed by atoms with Crippen LogP contribution < -0.4 is 0 Å². The zero-order valence-electron chi connectivity index (χ0n) is 7.22. The third kappa shape index (κ3) is 2.54. The van der Waals surface area contributed by atoms with Crippen LogP contribution in [0.5, 0.6) is 0 Å². The Balaban J connectivity index is 3.40. The van der Waals surface area contributed by atoms with Gasteiger partial charge in [0, 0.05) is 10.6 Å². The van der Waals surface area contributed by atoms with Gasteiger partial charge in [0.15, 0.2) is 0 Å². The van der Waals surface area contributed by atoms with Crippen molar-refractivity contribution in [2.75, 3.05) is 0 Å². The lowest BCUT2D eigenvalue weighted by Gasteiger charge is -2.07. The van der Waals surface area contributed by atoms with Gasteiger partial charge in [-0.25, -0.2) is 0 Å². The number of benzene rings is 1. The second-order valence-electron chi connectivity index (χ2n) is 2.69. The maximum Gasteiger partial charge on any atom is 0.307 e. The van der Waals surface area contributed by atoms with Gasteiger partial charge in [-0.05, 0) is 6.07 Å². The summed E-state index contributed by atoms with van der Waals surface area (Å²) in [4.78, 5) is 10.5. The van der Waals surface area contributed by atoms with E-state index >= 15 is 0 Å². The number of carboxylic acids is 1. The van der Waals surface area contributed by atoms with Crippen LogP contribution in [0.25, 0.3) is 0 Å². The monoisotopic (exact) mass is 263 g/mol. The van der Waals surface area contributed by atoms with Crippen molar-refractivity contribution in [3.63, 3.8) is 0 Å². The molecule has 0 atom stereocenters. The Morgan fingerprint density at radius 2 is 2.00 bits per heavy atom. The van der Waals surface area contributed by atoms with E-state index in [0.29, 0.717) is 0 Å². The predicted molar refractivity (Wildman–Crippen MR) is 57.5 cm³/mol. The summed E-state index contributed by atoms with van der Waals surface area (Å²) in [5, 5.41) is 17.6. The Hall–Kier alpha value is -0.950. The van der Waals surface area contributed by atoms with Crippen LogP contribution in [0.1, 0.15) is 11.1 Å². The van der Waals surface area contributed by atoms with Crippen molar-refractivity contribution in [1.82, 2.24) is 0 Å². The summed E-state index contributed by atoms with van der Waals surface area (Å²) < 4.78 is 0. The first-order valence-corrected chi connectivity index (χ1v) is 4.89. The first-order valence-electron chi connectivity index (χ1n) is 3.75. The Kier molecular flexibility index (Phi) is 3.81. The Bertz CT molecular complexity index is 465. The van der Waals surface area contributed by atoms with Crippen LogP contribution in [0.2, 0.25) is 15.1 Å². The van der Waals surface area contributed by atoms with Crippen molar-refractivity contribution in [3.05, 3.63) is 32.3 Å². The molecule has 6 heteroatoms. The van der Waals surface area contributed by atoms with E-state index in [-0.39, 0.29) is 32.6 Å². The normalized spacial score (nSPS) is 9.73. The lowest BCUT2D eigenvalue weighted by Crippen LogP contribution is -2.02. The molecule has 78 valence electrons. The Morgan fingerprint density at radius 1 is 1.40 bits per heavy atom. The average Bonchev–Trinajstić information content (AvgIpc) is 2.12. The summed E-state index contributed by atoms with van der Waals surface area (Å²) in [5.41, 5.74) is 0.241. The molecule has 1 aromatic carbocycles. The highest BCUT2D eigenvalue weighted by atomic mass is 35.5. The van der Waals surface area contributed by atoms with Crippen molar-refractivity contribution in [3.8, 4) is 6.07 Å². The van der Waals surface area contributed by atoms with Gasteiger partial charge in [-0.2, -0.15) is 5.26 Å². The maximum atomic E-state index is 10.5. The summed E-state index contributed by atoms with van der Waals surface area (Å²) in [5.74, 6) is -1.08. The van der Waals surface area contributed by atoms with E-state index in [1.54, 1.807) is 6.07 Å². The molecule has 1 rings (SSSR count). The summed E-state index contributed by atoms with van der Waals surface area (Å²) in [6.45, 7) is 0. The summed E-state index contributed by atoms with van der Waals surface area (Å²) in [7, 11) is 0. The maximum absolute atomic E-state index is 10.5. The molecule has 3 nitrogen and oxygen atoms in total. The third-order valence-corrected chi connectivity index (χ3v) is 2.76. The van der Waals surface area contributed by atoms with Crippen molar-refractivity contribution in [1.29, 1.82) is 5.26 Å². The molecular formula is C9H4Cl3NO2. The number of carboxylic acid groups (broad SMARTS) is 1. The molecule has 15 heavy (non-hydrogen) atoms. The molecule has 0 aliphatic heterocycles. The molecule has 1 N–H and O–H groups in total. The van der Waals surface area contributed by atoms with Crippen molar-refractivity contribution in [2.45, 2.75) is 6.42 Å². The van der Waals surface area contributed by atoms with Crippen LogP contribution in [-0.4, -0.2) is 11.1 Å². The Labute approximate surface area is 101 Å². The number of nitrogens with zero attached hydrogens (tertiary/aromatic N) is 1. The van der Waals surface area contributed by atoms with Crippen LogP contribution in [0.4, 0.5) is 0 Å². The van der Waals surface area contributed by atoms with Gasteiger partial charge in [-0.1, -0.05) is 34.8 Å². The smallest absolute Gasteiger partial charge is 0.307 e. The summed E-state index contributed by atoms with van der Waals surface area (Å²) >= 11 is 17.3. The number of halogens is 3. The molecule has 0 radical (unpaired) electrons. The zero-order valence-corrected chi connectivity index (χ0v) is 9.49. The lowest BCUT2D eigenvalue weighted by atomic mass is 10.1.